The number of piperidine rings is 1. The van der Waals surface area contributed by atoms with Gasteiger partial charge in [0.25, 0.3) is 0 Å². The van der Waals surface area contributed by atoms with Crippen LogP contribution >= 0.6 is 0 Å². The standard InChI is InChI=1S/C20H31N7/c1-4-17-15(2)12-21-20(22-17)27-11-7-8-16(13-27)19-24-23-18(25(19)3)14-26-9-5-6-10-26/h12,16H,4-11,13-14H2,1-3H3/t16-/m0/s1. The molecule has 2 aromatic heterocycles. The van der Waals surface area contributed by atoms with Crippen molar-refractivity contribution in [3.8, 4) is 0 Å². The van der Waals surface area contributed by atoms with Gasteiger partial charge >= 0.3 is 0 Å². The van der Waals surface area contributed by atoms with Crippen LogP contribution in [0.1, 0.15) is 61.4 Å². The van der Waals surface area contributed by atoms with Crippen LogP contribution in [0.15, 0.2) is 6.20 Å². The predicted molar refractivity (Wildman–Crippen MR) is 106 cm³/mol. The highest BCUT2D eigenvalue weighted by atomic mass is 15.3. The lowest BCUT2D eigenvalue weighted by atomic mass is 9.97. The van der Waals surface area contributed by atoms with Crippen molar-refractivity contribution in [3.05, 3.63) is 29.1 Å². The quantitative estimate of drug-likeness (QED) is 0.807. The molecule has 2 aliphatic rings. The number of nitrogens with zero attached hydrogens (tertiary/aromatic N) is 7. The molecule has 0 spiro atoms. The van der Waals surface area contributed by atoms with Gasteiger partial charge in [-0.05, 0) is 57.7 Å². The summed E-state index contributed by atoms with van der Waals surface area (Å²) in [7, 11) is 2.12. The van der Waals surface area contributed by atoms with E-state index in [9.17, 15) is 0 Å². The van der Waals surface area contributed by atoms with Gasteiger partial charge in [0, 0.05) is 37.9 Å². The van der Waals surface area contributed by atoms with Crippen LogP contribution < -0.4 is 4.90 Å². The molecule has 0 radical (unpaired) electrons. The molecule has 0 amide bonds. The Morgan fingerprint density at radius 2 is 1.93 bits per heavy atom. The first-order chi connectivity index (χ1) is 13.2. The first-order valence-corrected chi connectivity index (χ1v) is 10.3. The highest BCUT2D eigenvalue weighted by Crippen LogP contribution is 2.28. The number of hydrogen-bond donors (Lipinski definition) is 0. The van der Waals surface area contributed by atoms with E-state index >= 15 is 0 Å². The van der Waals surface area contributed by atoms with E-state index < -0.39 is 0 Å². The largest absolute Gasteiger partial charge is 0.340 e. The van der Waals surface area contributed by atoms with Gasteiger partial charge in [-0.1, -0.05) is 6.92 Å². The molecule has 2 fully saturated rings. The van der Waals surface area contributed by atoms with Crippen LogP contribution in [0.5, 0.6) is 0 Å². The topological polar surface area (TPSA) is 63.0 Å². The van der Waals surface area contributed by atoms with Gasteiger partial charge in [-0.15, -0.1) is 10.2 Å². The molecule has 0 aromatic carbocycles. The Balaban J connectivity index is 1.49. The smallest absolute Gasteiger partial charge is 0.225 e. The minimum Gasteiger partial charge on any atom is -0.340 e. The summed E-state index contributed by atoms with van der Waals surface area (Å²) in [6, 6.07) is 0. The van der Waals surface area contributed by atoms with Gasteiger partial charge in [0.1, 0.15) is 11.6 Å². The van der Waals surface area contributed by atoms with Crippen LogP contribution in [-0.2, 0) is 20.0 Å². The number of aryl methyl sites for hydroxylation is 2. The molecule has 2 saturated heterocycles. The van der Waals surface area contributed by atoms with Gasteiger partial charge in [-0.3, -0.25) is 4.90 Å². The lowest BCUT2D eigenvalue weighted by molar-refractivity contribution is 0.317. The fourth-order valence-corrected chi connectivity index (χ4v) is 4.36. The Kier molecular flexibility index (Phi) is 5.38. The SMILES string of the molecule is CCc1nc(N2CCC[C@H](c3nnc(CN4CCCC4)n3C)C2)ncc1C. The van der Waals surface area contributed by atoms with Crippen LogP contribution in [0.25, 0.3) is 0 Å². The van der Waals surface area contributed by atoms with E-state index in [0.717, 1.165) is 62.2 Å². The maximum atomic E-state index is 4.80. The van der Waals surface area contributed by atoms with E-state index in [-0.39, 0.29) is 0 Å². The molecule has 146 valence electrons. The van der Waals surface area contributed by atoms with E-state index in [1.54, 1.807) is 0 Å². The summed E-state index contributed by atoms with van der Waals surface area (Å²) in [6.45, 7) is 9.46. The zero-order valence-electron chi connectivity index (χ0n) is 16.9. The monoisotopic (exact) mass is 369 g/mol. The van der Waals surface area contributed by atoms with Gasteiger partial charge in [0.05, 0.1) is 6.54 Å². The van der Waals surface area contributed by atoms with Gasteiger partial charge < -0.3 is 9.47 Å². The number of aromatic nitrogens is 5. The minimum absolute atomic E-state index is 0.388. The summed E-state index contributed by atoms with van der Waals surface area (Å²) in [5.41, 5.74) is 2.32. The Bertz CT molecular complexity index is 779. The third-order valence-corrected chi connectivity index (χ3v) is 6.03. The fraction of sp³-hybridized carbons (Fsp3) is 0.700. The second-order valence-electron chi connectivity index (χ2n) is 7.96. The summed E-state index contributed by atoms with van der Waals surface area (Å²) in [6.07, 6.45) is 7.80. The van der Waals surface area contributed by atoms with Crippen molar-refractivity contribution in [1.29, 1.82) is 0 Å². The maximum absolute atomic E-state index is 4.80. The van der Waals surface area contributed by atoms with Crippen molar-refractivity contribution in [2.24, 2.45) is 7.05 Å². The van der Waals surface area contributed by atoms with Crippen LogP contribution in [0, 0.1) is 6.92 Å². The van der Waals surface area contributed by atoms with Crippen molar-refractivity contribution in [1.82, 2.24) is 29.6 Å². The van der Waals surface area contributed by atoms with Crippen molar-refractivity contribution in [3.63, 3.8) is 0 Å². The average Bonchev–Trinajstić information content (AvgIpc) is 3.33. The molecule has 27 heavy (non-hydrogen) atoms. The Morgan fingerprint density at radius 1 is 1.11 bits per heavy atom. The van der Waals surface area contributed by atoms with E-state index in [1.165, 1.54) is 31.5 Å². The highest BCUT2D eigenvalue weighted by Gasteiger charge is 2.28. The van der Waals surface area contributed by atoms with E-state index in [0.29, 0.717) is 5.92 Å². The Hall–Kier alpha value is -2.02. The molecule has 7 nitrogen and oxygen atoms in total. The van der Waals surface area contributed by atoms with Crippen LogP contribution in [0.4, 0.5) is 5.95 Å². The molecule has 4 rings (SSSR count). The maximum Gasteiger partial charge on any atom is 0.225 e. The third kappa shape index (κ3) is 3.83. The fourth-order valence-electron chi connectivity index (χ4n) is 4.36. The zero-order chi connectivity index (χ0) is 18.8. The summed E-state index contributed by atoms with van der Waals surface area (Å²) in [4.78, 5) is 14.2. The molecule has 0 aliphatic carbocycles. The second-order valence-corrected chi connectivity index (χ2v) is 7.96. The molecule has 0 N–H and O–H groups in total. The number of likely N-dealkylation sites (tertiary alicyclic amines) is 1. The van der Waals surface area contributed by atoms with Crippen molar-refractivity contribution in [2.45, 2.75) is 58.4 Å². The number of rotatable bonds is 5. The van der Waals surface area contributed by atoms with E-state index in [4.69, 9.17) is 4.98 Å². The van der Waals surface area contributed by atoms with E-state index in [1.807, 2.05) is 6.20 Å². The van der Waals surface area contributed by atoms with Crippen molar-refractivity contribution >= 4 is 5.95 Å². The minimum atomic E-state index is 0.388. The Morgan fingerprint density at radius 3 is 2.70 bits per heavy atom. The van der Waals surface area contributed by atoms with Crippen LogP contribution in [0.2, 0.25) is 0 Å². The second kappa shape index (κ2) is 7.92. The molecular formula is C20H31N7. The molecule has 0 unspecified atom stereocenters. The van der Waals surface area contributed by atoms with Gasteiger partial charge in [0.2, 0.25) is 5.95 Å². The predicted octanol–water partition coefficient (Wildman–Crippen LogP) is 2.46. The Labute approximate surface area is 161 Å². The molecule has 4 heterocycles. The first-order valence-electron chi connectivity index (χ1n) is 10.3. The van der Waals surface area contributed by atoms with Crippen molar-refractivity contribution in [2.75, 3.05) is 31.1 Å². The van der Waals surface area contributed by atoms with Crippen LogP contribution in [0.3, 0.4) is 0 Å². The molecule has 0 saturated carbocycles. The van der Waals surface area contributed by atoms with Gasteiger partial charge in [-0.2, -0.15) is 0 Å². The third-order valence-electron chi connectivity index (χ3n) is 6.03. The lowest BCUT2D eigenvalue weighted by Crippen LogP contribution is -2.36. The summed E-state index contributed by atoms with van der Waals surface area (Å²) in [5, 5.41) is 9.09. The van der Waals surface area contributed by atoms with Crippen LogP contribution in [-0.4, -0.2) is 55.8 Å². The van der Waals surface area contributed by atoms with Gasteiger partial charge in [-0.25, -0.2) is 9.97 Å². The first kappa shape index (κ1) is 18.3. The highest BCUT2D eigenvalue weighted by molar-refractivity contribution is 5.34. The molecule has 2 aromatic rings. The normalized spacial score (nSPS) is 21.1. The lowest BCUT2D eigenvalue weighted by Gasteiger charge is -2.32. The van der Waals surface area contributed by atoms with E-state index in [2.05, 4.69) is 50.4 Å². The molecular weight excluding hydrogens is 338 g/mol. The molecule has 2 aliphatic heterocycles. The average molecular weight is 370 g/mol. The molecule has 7 heteroatoms. The summed E-state index contributed by atoms with van der Waals surface area (Å²) < 4.78 is 2.22. The summed E-state index contributed by atoms with van der Waals surface area (Å²) >= 11 is 0. The zero-order valence-corrected chi connectivity index (χ0v) is 16.9. The van der Waals surface area contributed by atoms with Crippen molar-refractivity contribution < 1.29 is 0 Å². The summed E-state index contributed by atoms with van der Waals surface area (Å²) in [5.74, 6) is 3.45. The van der Waals surface area contributed by atoms with Gasteiger partial charge in [0.15, 0.2) is 0 Å². The number of anilines is 1. The number of hydrogen-bond acceptors (Lipinski definition) is 6. The molecule has 0 bridgehead atoms. The molecule has 1 atom stereocenters.